The van der Waals surface area contributed by atoms with Crippen molar-refractivity contribution in [3.8, 4) is 5.88 Å². The highest BCUT2D eigenvalue weighted by Gasteiger charge is 2.23. The topological polar surface area (TPSA) is 63.5 Å². The fraction of sp³-hybridized carbons (Fsp3) is 0.500. The summed E-state index contributed by atoms with van der Waals surface area (Å²) in [7, 11) is 1.93. The average molecular weight is 343 g/mol. The normalized spacial score (nSPS) is 15.8. The Morgan fingerprint density at radius 2 is 2.16 bits per heavy atom. The van der Waals surface area contributed by atoms with E-state index in [0.717, 1.165) is 32.6 Å². The standard InChI is InChI=1S/C18H25N5O2/c1-3-25-17-16(6-4-7-19-17)18(24)23-9-5-8-22(10-11-23)14-15-12-20-21(2)13-15/h4,6-7,12-13H,3,5,8-11,14H2,1-2H3. The highest BCUT2D eigenvalue weighted by molar-refractivity contribution is 5.96. The molecule has 134 valence electrons. The number of aryl methyl sites for hydroxylation is 1. The van der Waals surface area contributed by atoms with Crippen molar-refractivity contribution in [2.75, 3.05) is 32.8 Å². The summed E-state index contributed by atoms with van der Waals surface area (Å²) in [6, 6.07) is 3.57. The molecular formula is C18H25N5O2. The van der Waals surface area contributed by atoms with Gasteiger partial charge in [-0.1, -0.05) is 0 Å². The minimum Gasteiger partial charge on any atom is -0.477 e. The molecule has 0 aromatic carbocycles. The van der Waals surface area contributed by atoms with Crippen LogP contribution in [0.5, 0.6) is 5.88 Å². The number of hydrogen-bond acceptors (Lipinski definition) is 5. The van der Waals surface area contributed by atoms with Gasteiger partial charge >= 0.3 is 0 Å². The van der Waals surface area contributed by atoms with E-state index >= 15 is 0 Å². The molecular weight excluding hydrogens is 318 g/mol. The van der Waals surface area contributed by atoms with Crippen LogP contribution in [-0.4, -0.2) is 63.3 Å². The zero-order valence-electron chi connectivity index (χ0n) is 14.9. The molecule has 7 heteroatoms. The molecule has 0 radical (unpaired) electrons. The summed E-state index contributed by atoms with van der Waals surface area (Å²) in [5.74, 6) is 0.422. The summed E-state index contributed by atoms with van der Waals surface area (Å²) < 4.78 is 7.32. The van der Waals surface area contributed by atoms with E-state index in [2.05, 4.69) is 15.0 Å². The van der Waals surface area contributed by atoms with Gasteiger partial charge in [0.15, 0.2) is 0 Å². The van der Waals surface area contributed by atoms with Crippen molar-refractivity contribution in [3.63, 3.8) is 0 Å². The minimum absolute atomic E-state index is 0.000206. The van der Waals surface area contributed by atoms with Gasteiger partial charge in [-0.25, -0.2) is 4.98 Å². The maximum Gasteiger partial charge on any atom is 0.259 e. The van der Waals surface area contributed by atoms with Crippen LogP contribution in [0.3, 0.4) is 0 Å². The summed E-state index contributed by atoms with van der Waals surface area (Å²) in [5, 5.41) is 4.22. The van der Waals surface area contributed by atoms with Gasteiger partial charge in [-0.2, -0.15) is 5.10 Å². The molecule has 2 aromatic heterocycles. The second-order valence-corrected chi connectivity index (χ2v) is 6.23. The first-order valence-electron chi connectivity index (χ1n) is 8.74. The Balaban J connectivity index is 1.63. The van der Waals surface area contributed by atoms with E-state index in [1.54, 1.807) is 18.3 Å². The zero-order chi connectivity index (χ0) is 17.6. The fourth-order valence-electron chi connectivity index (χ4n) is 3.12. The zero-order valence-corrected chi connectivity index (χ0v) is 14.9. The fourth-order valence-corrected chi connectivity index (χ4v) is 3.12. The molecule has 3 rings (SSSR count). The van der Waals surface area contributed by atoms with Gasteiger partial charge in [0.1, 0.15) is 5.56 Å². The molecule has 3 heterocycles. The summed E-state index contributed by atoms with van der Waals surface area (Å²) in [4.78, 5) is 21.4. The molecule has 0 atom stereocenters. The lowest BCUT2D eigenvalue weighted by molar-refractivity contribution is 0.0756. The molecule has 1 saturated heterocycles. The van der Waals surface area contributed by atoms with Crippen LogP contribution in [0.1, 0.15) is 29.3 Å². The number of aromatic nitrogens is 3. The molecule has 1 fully saturated rings. The van der Waals surface area contributed by atoms with Crippen LogP contribution in [0.2, 0.25) is 0 Å². The smallest absolute Gasteiger partial charge is 0.259 e. The van der Waals surface area contributed by atoms with Crippen LogP contribution < -0.4 is 4.74 Å². The Bertz CT molecular complexity index is 715. The maximum absolute atomic E-state index is 12.9. The molecule has 1 aliphatic rings. The van der Waals surface area contributed by atoms with Gasteiger partial charge in [-0.15, -0.1) is 0 Å². The molecule has 0 N–H and O–H groups in total. The SMILES string of the molecule is CCOc1ncccc1C(=O)N1CCCN(Cc2cnn(C)c2)CC1. The van der Waals surface area contributed by atoms with Crippen molar-refractivity contribution < 1.29 is 9.53 Å². The third-order valence-corrected chi connectivity index (χ3v) is 4.32. The number of carbonyl (C=O) groups is 1. The van der Waals surface area contributed by atoms with Crippen LogP contribution in [0.15, 0.2) is 30.7 Å². The Morgan fingerprint density at radius 3 is 2.92 bits per heavy atom. The molecule has 2 aromatic rings. The van der Waals surface area contributed by atoms with Gasteiger partial charge in [0.2, 0.25) is 5.88 Å². The first-order chi connectivity index (χ1) is 12.2. The van der Waals surface area contributed by atoms with E-state index in [1.165, 1.54) is 5.56 Å². The largest absolute Gasteiger partial charge is 0.477 e. The van der Waals surface area contributed by atoms with E-state index in [4.69, 9.17) is 4.74 Å². The van der Waals surface area contributed by atoms with E-state index in [9.17, 15) is 4.79 Å². The number of carbonyl (C=O) groups excluding carboxylic acids is 1. The van der Waals surface area contributed by atoms with E-state index in [1.807, 2.05) is 35.9 Å². The Morgan fingerprint density at radius 1 is 1.28 bits per heavy atom. The quantitative estimate of drug-likeness (QED) is 0.824. The molecule has 1 amide bonds. The first-order valence-corrected chi connectivity index (χ1v) is 8.74. The molecule has 25 heavy (non-hydrogen) atoms. The Labute approximate surface area is 148 Å². The molecule has 0 saturated carbocycles. The number of pyridine rings is 1. The third kappa shape index (κ3) is 4.36. The van der Waals surface area contributed by atoms with Gasteiger partial charge in [-0.05, 0) is 25.5 Å². The second-order valence-electron chi connectivity index (χ2n) is 6.23. The van der Waals surface area contributed by atoms with Gasteiger partial charge in [0.25, 0.3) is 5.91 Å². The number of nitrogens with zero attached hydrogens (tertiary/aromatic N) is 5. The molecule has 0 aliphatic carbocycles. The third-order valence-electron chi connectivity index (χ3n) is 4.32. The lowest BCUT2D eigenvalue weighted by Gasteiger charge is -2.22. The van der Waals surface area contributed by atoms with Crippen LogP contribution >= 0.6 is 0 Å². The first kappa shape index (κ1) is 17.4. The van der Waals surface area contributed by atoms with Crippen molar-refractivity contribution in [3.05, 3.63) is 41.9 Å². The van der Waals surface area contributed by atoms with Crippen molar-refractivity contribution >= 4 is 5.91 Å². The van der Waals surface area contributed by atoms with Crippen molar-refractivity contribution in [1.29, 1.82) is 0 Å². The van der Waals surface area contributed by atoms with E-state index in [-0.39, 0.29) is 5.91 Å². The lowest BCUT2D eigenvalue weighted by Crippen LogP contribution is -2.35. The number of ether oxygens (including phenoxy) is 1. The molecule has 0 bridgehead atoms. The number of amides is 1. The Hall–Kier alpha value is -2.41. The maximum atomic E-state index is 12.9. The summed E-state index contributed by atoms with van der Waals surface area (Å²) in [6.45, 7) is 6.55. The molecule has 0 spiro atoms. The molecule has 0 unspecified atom stereocenters. The highest BCUT2D eigenvalue weighted by atomic mass is 16.5. The monoisotopic (exact) mass is 343 g/mol. The van der Waals surface area contributed by atoms with Crippen LogP contribution in [0.25, 0.3) is 0 Å². The highest BCUT2D eigenvalue weighted by Crippen LogP contribution is 2.18. The molecule has 7 nitrogen and oxygen atoms in total. The van der Waals surface area contributed by atoms with Gasteiger partial charge in [0.05, 0.1) is 12.8 Å². The van der Waals surface area contributed by atoms with Crippen LogP contribution in [-0.2, 0) is 13.6 Å². The minimum atomic E-state index is -0.000206. The van der Waals surface area contributed by atoms with E-state index in [0.29, 0.717) is 24.6 Å². The van der Waals surface area contributed by atoms with Crippen molar-refractivity contribution in [1.82, 2.24) is 24.6 Å². The van der Waals surface area contributed by atoms with Gasteiger partial charge in [0, 0.05) is 57.7 Å². The van der Waals surface area contributed by atoms with E-state index < -0.39 is 0 Å². The predicted molar refractivity (Wildman–Crippen MR) is 94.4 cm³/mol. The Kier molecular flexibility index (Phi) is 5.65. The lowest BCUT2D eigenvalue weighted by atomic mass is 10.2. The summed E-state index contributed by atoms with van der Waals surface area (Å²) in [6.07, 6.45) is 6.55. The average Bonchev–Trinajstić information content (AvgIpc) is 2.88. The number of rotatable bonds is 5. The van der Waals surface area contributed by atoms with Crippen LogP contribution in [0.4, 0.5) is 0 Å². The van der Waals surface area contributed by atoms with Crippen molar-refractivity contribution in [2.24, 2.45) is 7.05 Å². The van der Waals surface area contributed by atoms with Gasteiger partial charge in [-0.3, -0.25) is 14.4 Å². The predicted octanol–water partition coefficient (Wildman–Crippen LogP) is 1.56. The summed E-state index contributed by atoms with van der Waals surface area (Å²) in [5.41, 5.74) is 1.75. The van der Waals surface area contributed by atoms with Gasteiger partial charge < -0.3 is 9.64 Å². The summed E-state index contributed by atoms with van der Waals surface area (Å²) >= 11 is 0. The van der Waals surface area contributed by atoms with Crippen molar-refractivity contribution in [2.45, 2.75) is 19.9 Å². The second kappa shape index (κ2) is 8.11. The van der Waals surface area contributed by atoms with Crippen LogP contribution in [0, 0.1) is 0 Å². The number of hydrogen-bond donors (Lipinski definition) is 0. The molecule has 1 aliphatic heterocycles.